The molecule has 0 saturated heterocycles. The molecule has 1 aliphatic rings. The third-order valence-electron chi connectivity index (χ3n) is 4.64. The molecule has 8 heteroatoms. The molecule has 8 nitrogen and oxygen atoms in total. The van der Waals surface area contributed by atoms with Gasteiger partial charge in [-0.1, -0.05) is 64.7 Å². The highest BCUT2D eigenvalue weighted by Gasteiger charge is 2.43. The number of hydrogen-bond acceptors (Lipinski definition) is 8. The first-order chi connectivity index (χ1) is 14.0. The van der Waals surface area contributed by atoms with Crippen molar-refractivity contribution in [2.75, 3.05) is 19.8 Å². The van der Waals surface area contributed by atoms with Crippen LogP contribution in [0.5, 0.6) is 0 Å². The number of carbonyl (C=O) groups excluding carboxylic acids is 1. The summed E-state index contributed by atoms with van der Waals surface area (Å²) in [6.07, 6.45) is 8.52. The molecule has 1 aliphatic heterocycles. The van der Waals surface area contributed by atoms with Crippen LogP contribution >= 0.6 is 0 Å². The molecule has 0 bridgehead atoms. The van der Waals surface area contributed by atoms with E-state index in [-0.39, 0.29) is 18.1 Å². The maximum atomic E-state index is 12.0. The number of carbonyl (C=O) groups is 1. The summed E-state index contributed by atoms with van der Waals surface area (Å²) in [5.41, 5.74) is 0. The van der Waals surface area contributed by atoms with Gasteiger partial charge in [-0.3, -0.25) is 0 Å². The summed E-state index contributed by atoms with van der Waals surface area (Å²) >= 11 is 0. The standard InChI is InChI=1S/C21H38O8/c1-3-4-5-6-7-8-9-10-11-12-13-26-20-19(29-27-15-16(2)23)18(17(24)14-22)28-21(20)25/h16-18,22-24H,3-15H2,1-2H3/t16?,17-,18+/m0/s1. The minimum atomic E-state index is -1.36. The zero-order valence-corrected chi connectivity index (χ0v) is 17.8. The molecule has 170 valence electrons. The highest BCUT2D eigenvalue weighted by molar-refractivity contribution is 5.89. The van der Waals surface area contributed by atoms with Gasteiger partial charge >= 0.3 is 5.97 Å². The Hall–Kier alpha value is -1.35. The van der Waals surface area contributed by atoms with Crippen LogP contribution in [-0.2, 0) is 24.0 Å². The third-order valence-corrected chi connectivity index (χ3v) is 4.64. The Morgan fingerprint density at radius 2 is 1.59 bits per heavy atom. The Kier molecular flexibility index (Phi) is 13.7. The lowest BCUT2D eigenvalue weighted by Gasteiger charge is -2.17. The van der Waals surface area contributed by atoms with Gasteiger partial charge < -0.3 is 29.7 Å². The van der Waals surface area contributed by atoms with E-state index in [4.69, 9.17) is 24.4 Å². The fraction of sp³-hybridized carbons (Fsp3) is 0.857. The Bertz CT molecular complexity index is 477. The predicted molar refractivity (Wildman–Crippen MR) is 107 cm³/mol. The van der Waals surface area contributed by atoms with Crippen molar-refractivity contribution in [2.45, 2.75) is 96.4 Å². The van der Waals surface area contributed by atoms with Crippen molar-refractivity contribution in [1.29, 1.82) is 0 Å². The summed E-state index contributed by atoms with van der Waals surface area (Å²) in [7, 11) is 0. The summed E-state index contributed by atoms with van der Waals surface area (Å²) in [5, 5.41) is 28.2. The van der Waals surface area contributed by atoms with Crippen LogP contribution in [0.2, 0.25) is 0 Å². The van der Waals surface area contributed by atoms with Gasteiger partial charge in [0.1, 0.15) is 12.7 Å². The normalized spacial score (nSPS) is 18.7. The number of cyclic esters (lactones) is 1. The number of rotatable bonds is 18. The van der Waals surface area contributed by atoms with Gasteiger partial charge in [-0.05, 0) is 13.3 Å². The van der Waals surface area contributed by atoms with E-state index in [0.717, 1.165) is 19.3 Å². The van der Waals surface area contributed by atoms with Crippen LogP contribution in [0.15, 0.2) is 11.5 Å². The lowest BCUT2D eigenvalue weighted by Crippen LogP contribution is -2.32. The molecule has 0 saturated carbocycles. The minimum absolute atomic E-state index is 0.121. The smallest absolute Gasteiger partial charge is 0.378 e. The van der Waals surface area contributed by atoms with Gasteiger partial charge in [-0.2, -0.15) is 4.89 Å². The number of aliphatic hydroxyl groups excluding tert-OH is 3. The number of aliphatic hydroxyl groups is 3. The monoisotopic (exact) mass is 418 g/mol. The lowest BCUT2D eigenvalue weighted by atomic mass is 10.1. The zero-order valence-electron chi connectivity index (χ0n) is 17.8. The largest absolute Gasteiger partial charge is 0.484 e. The van der Waals surface area contributed by atoms with E-state index in [9.17, 15) is 15.0 Å². The van der Waals surface area contributed by atoms with E-state index < -0.39 is 30.9 Å². The summed E-state index contributed by atoms with van der Waals surface area (Å²) in [5.74, 6) is -1.06. The van der Waals surface area contributed by atoms with Crippen LogP contribution in [-0.4, -0.2) is 59.4 Å². The molecule has 0 amide bonds. The Labute approximate surface area is 173 Å². The second-order valence-electron chi connectivity index (χ2n) is 7.52. The van der Waals surface area contributed by atoms with Crippen molar-refractivity contribution in [3.8, 4) is 0 Å². The molecule has 1 rings (SSSR count). The van der Waals surface area contributed by atoms with Crippen LogP contribution in [0.3, 0.4) is 0 Å². The second kappa shape index (κ2) is 15.5. The highest BCUT2D eigenvalue weighted by atomic mass is 17.2. The maximum absolute atomic E-state index is 12.0. The molecule has 1 unspecified atom stereocenters. The number of unbranched alkanes of at least 4 members (excludes halogenated alkanes) is 9. The molecule has 0 spiro atoms. The SMILES string of the molecule is CCCCCCCCCCCCOC1=C(OOCC(C)O)[C@@H]([C@@H](O)CO)OC1=O. The minimum Gasteiger partial charge on any atom is -0.484 e. The van der Waals surface area contributed by atoms with Crippen LogP contribution < -0.4 is 0 Å². The van der Waals surface area contributed by atoms with Crippen LogP contribution in [0, 0.1) is 0 Å². The summed E-state index contributed by atoms with van der Waals surface area (Å²) in [4.78, 5) is 22.0. The first-order valence-electron chi connectivity index (χ1n) is 10.9. The van der Waals surface area contributed by atoms with E-state index in [2.05, 4.69) is 6.92 Å². The first kappa shape index (κ1) is 25.7. The molecule has 29 heavy (non-hydrogen) atoms. The predicted octanol–water partition coefficient (Wildman–Crippen LogP) is 2.74. The Morgan fingerprint density at radius 1 is 1.00 bits per heavy atom. The topological polar surface area (TPSA) is 115 Å². The molecule has 1 heterocycles. The van der Waals surface area contributed by atoms with Crippen molar-refractivity contribution < 1.29 is 39.4 Å². The average molecular weight is 419 g/mol. The number of esters is 1. The second-order valence-corrected chi connectivity index (χ2v) is 7.52. The third kappa shape index (κ3) is 10.3. The fourth-order valence-corrected chi connectivity index (χ4v) is 2.98. The van der Waals surface area contributed by atoms with Gasteiger partial charge in [-0.15, -0.1) is 0 Å². The van der Waals surface area contributed by atoms with Crippen LogP contribution in [0.1, 0.15) is 78.1 Å². The molecular weight excluding hydrogens is 380 g/mol. The molecule has 0 aromatic heterocycles. The summed E-state index contributed by atoms with van der Waals surface area (Å²) in [6.45, 7) is 3.29. The van der Waals surface area contributed by atoms with Crippen molar-refractivity contribution in [3.63, 3.8) is 0 Å². The highest BCUT2D eigenvalue weighted by Crippen LogP contribution is 2.28. The zero-order chi connectivity index (χ0) is 21.5. The Morgan fingerprint density at radius 3 is 2.14 bits per heavy atom. The summed E-state index contributed by atoms with van der Waals surface area (Å²) in [6, 6.07) is 0. The molecule has 0 aromatic rings. The van der Waals surface area contributed by atoms with E-state index in [1.165, 1.54) is 51.9 Å². The molecule has 0 aromatic carbocycles. The maximum Gasteiger partial charge on any atom is 0.378 e. The first-order valence-corrected chi connectivity index (χ1v) is 10.9. The van der Waals surface area contributed by atoms with Crippen molar-refractivity contribution >= 4 is 5.97 Å². The molecule has 0 fully saturated rings. The average Bonchev–Trinajstić information content (AvgIpc) is 3.01. The van der Waals surface area contributed by atoms with Gasteiger partial charge in [0.25, 0.3) is 5.76 Å². The van der Waals surface area contributed by atoms with Crippen molar-refractivity contribution in [1.82, 2.24) is 0 Å². The molecule has 3 atom stereocenters. The van der Waals surface area contributed by atoms with Gasteiger partial charge in [-0.25, -0.2) is 4.79 Å². The van der Waals surface area contributed by atoms with Gasteiger partial charge in [0, 0.05) is 0 Å². The number of ether oxygens (including phenoxy) is 2. The van der Waals surface area contributed by atoms with E-state index >= 15 is 0 Å². The number of hydrogen-bond donors (Lipinski definition) is 3. The Balaban J connectivity index is 2.35. The van der Waals surface area contributed by atoms with Crippen LogP contribution in [0.4, 0.5) is 0 Å². The van der Waals surface area contributed by atoms with E-state index in [1.807, 2.05) is 0 Å². The van der Waals surface area contributed by atoms with E-state index in [1.54, 1.807) is 0 Å². The fourth-order valence-electron chi connectivity index (χ4n) is 2.98. The van der Waals surface area contributed by atoms with Gasteiger partial charge in [0.05, 0.1) is 19.3 Å². The van der Waals surface area contributed by atoms with Gasteiger partial charge in [0.2, 0.25) is 5.76 Å². The summed E-state index contributed by atoms with van der Waals surface area (Å²) < 4.78 is 10.6. The lowest BCUT2D eigenvalue weighted by molar-refractivity contribution is -0.284. The van der Waals surface area contributed by atoms with Gasteiger partial charge in [0.15, 0.2) is 6.10 Å². The van der Waals surface area contributed by atoms with Crippen LogP contribution in [0.25, 0.3) is 0 Å². The molecular formula is C21H38O8. The molecule has 0 radical (unpaired) electrons. The van der Waals surface area contributed by atoms with Crippen molar-refractivity contribution in [3.05, 3.63) is 11.5 Å². The molecule has 3 N–H and O–H groups in total. The van der Waals surface area contributed by atoms with E-state index in [0.29, 0.717) is 6.61 Å². The quantitative estimate of drug-likeness (QED) is 0.135. The molecule has 0 aliphatic carbocycles. The van der Waals surface area contributed by atoms with Crippen molar-refractivity contribution in [2.24, 2.45) is 0 Å².